The molecule has 0 amide bonds. The van der Waals surface area contributed by atoms with E-state index in [0.29, 0.717) is 24.5 Å². The summed E-state index contributed by atoms with van der Waals surface area (Å²) in [4.78, 5) is 11.0. The van der Waals surface area contributed by atoms with E-state index < -0.39 is 0 Å². The molecule has 0 saturated heterocycles. The lowest BCUT2D eigenvalue weighted by molar-refractivity contribution is 0.111. The maximum Gasteiger partial charge on any atom is 0.153 e. The van der Waals surface area contributed by atoms with Gasteiger partial charge in [0.15, 0.2) is 6.29 Å². The number of aldehydes is 1. The third-order valence-corrected chi connectivity index (χ3v) is 3.03. The van der Waals surface area contributed by atoms with Crippen LogP contribution in [0.2, 0.25) is 0 Å². The lowest BCUT2D eigenvalue weighted by Crippen LogP contribution is -2.10. The Morgan fingerprint density at radius 1 is 0.952 bits per heavy atom. The molecule has 21 heavy (non-hydrogen) atoms. The first kappa shape index (κ1) is 14.9. The van der Waals surface area contributed by atoms with E-state index in [0.717, 1.165) is 23.3 Å². The van der Waals surface area contributed by atoms with Crippen molar-refractivity contribution in [3.8, 4) is 17.2 Å². The molecule has 0 radical (unpaired) electrons. The van der Waals surface area contributed by atoms with Crippen LogP contribution in [0.5, 0.6) is 17.2 Å². The molecular formula is C17H18O4. The SMILES string of the molecule is COc1ccc(OCCOc2c(C)cccc2C=O)cc1. The van der Waals surface area contributed by atoms with E-state index in [1.807, 2.05) is 43.3 Å². The van der Waals surface area contributed by atoms with Crippen LogP contribution >= 0.6 is 0 Å². The molecule has 0 saturated carbocycles. The van der Waals surface area contributed by atoms with Gasteiger partial charge in [-0.05, 0) is 42.8 Å². The van der Waals surface area contributed by atoms with Crippen molar-refractivity contribution in [1.29, 1.82) is 0 Å². The normalized spacial score (nSPS) is 10.0. The summed E-state index contributed by atoms with van der Waals surface area (Å²) in [5, 5.41) is 0. The predicted molar refractivity (Wildman–Crippen MR) is 80.6 cm³/mol. The van der Waals surface area contributed by atoms with Crippen molar-refractivity contribution in [3.63, 3.8) is 0 Å². The van der Waals surface area contributed by atoms with Gasteiger partial charge in [0, 0.05) is 0 Å². The Balaban J connectivity index is 1.85. The van der Waals surface area contributed by atoms with Crippen LogP contribution in [0.1, 0.15) is 15.9 Å². The first-order chi connectivity index (χ1) is 10.2. The van der Waals surface area contributed by atoms with Crippen molar-refractivity contribution in [3.05, 3.63) is 53.6 Å². The number of carbonyl (C=O) groups is 1. The zero-order valence-electron chi connectivity index (χ0n) is 12.2. The molecular weight excluding hydrogens is 268 g/mol. The fourth-order valence-corrected chi connectivity index (χ4v) is 1.94. The highest BCUT2D eigenvalue weighted by molar-refractivity contribution is 5.80. The molecule has 0 unspecified atom stereocenters. The molecule has 0 fully saturated rings. The fourth-order valence-electron chi connectivity index (χ4n) is 1.94. The van der Waals surface area contributed by atoms with Crippen molar-refractivity contribution >= 4 is 6.29 Å². The first-order valence-corrected chi connectivity index (χ1v) is 6.69. The summed E-state index contributed by atoms with van der Waals surface area (Å²) in [6.07, 6.45) is 0.798. The minimum absolute atomic E-state index is 0.373. The van der Waals surface area contributed by atoms with Gasteiger partial charge in [0.25, 0.3) is 0 Å². The molecule has 0 spiro atoms. The van der Waals surface area contributed by atoms with Gasteiger partial charge in [-0.1, -0.05) is 12.1 Å². The van der Waals surface area contributed by atoms with Crippen molar-refractivity contribution in [1.82, 2.24) is 0 Å². The number of rotatable bonds is 7. The highest BCUT2D eigenvalue weighted by Gasteiger charge is 2.06. The molecule has 0 aliphatic heterocycles. The highest BCUT2D eigenvalue weighted by Crippen LogP contribution is 2.22. The van der Waals surface area contributed by atoms with Crippen molar-refractivity contribution in [2.45, 2.75) is 6.92 Å². The molecule has 0 heterocycles. The molecule has 0 aliphatic carbocycles. The molecule has 0 aromatic heterocycles. The van der Waals surface area contributed by atoms with Crippen molar-refractivity contribution < 1.29 is 19.0 Å². The smallest absolute Gasteiger partial charge is 0.153 e. The third kappa shape index (κ3) is 3.99. The second-order valence-electron chi connectivity index (χ2n) is 4.48. The van der Waals surface area contributed by atoms with Gasteiger partial charge in [0.05, 0.1) is 12.7 Å². The Hall–Kier alpha value is -2.49. The minimum Gasteiger partial charge on any atom is -0.497 e. The van der Waals surface area contributed by atoms with Crippen molar-refractivity contribution in [2.75, 3.05) is 20.3 Å². The zero-order valence-corrected chi connectivity index (χ0v) is 12.2. The summed E-state index contributed by atoms with van der Waals surface area (Å²) >= 11 is 0. The monoisotopic (exact) mass is 286 g/mol. The number of hydrogen-bond acceptors (Lipinski definition) is 4. The third-order valence-electron chi connectivity index (χ3n) is 3.03. The summed E-state index contributed by atoms with van der Waals surface area (Å²) in [5.74, 6) is 2.15. The van der Waals surface area contributed by atoms with Crippen LogP contribution in [0.25, 0.3) is 0 Å². The standard InChI is InChI=1S/C17H18O4/c1-13-4-3-5-14(12-18)17(13)21-11-10-20-16-8-6-15(19-2)7-9-16/h3-9,12H,10-11H2,1-2H3. The summed E-state index contributed by atoms with van der Waals surface area (Å²) in [6, 6.07) is 12.8. The maximum atomic E-state index is 11.0. The van der Waals surface area contributed by atoms with Crippen LogP contribution in [0.4, 0.5) is 0 Å². The van der Waals surface area contributed by atoms with Gasteiger partial charge in [-0.25, -0.2) is 0 Å². The van der Waals surface area contributed by atoms with Gasteiger partial charge < -0.3 is 14.2 Å². The largest absolute Gasteiger partial charge is 0.497 e. The molecule has 0 N–H and O–H groups in total. The molecule has 2 rings (SSSR count). The van der Waals surface area contributed by atoms with Crippen molar-refractivity contribution in [2.24, 2.45) is 0 Å². The van der Waals surface area contributed by atoms with E-state index in [4.69, 9.17) is 14.2 Å². The quantitative estimate of drug-likeness (QED) is 0.579. The van der Waals surface area contributed by atoms with Gasteiger partial charge in [-0.2, -0.15) is 0 Å². The molecule has 4 nitrogen and oxygen atoms in total. The second-order valence-corrected chi connectivity index (χ2v) is 4.48. The van der Waals surface area contributed by atoms with E-state index in [1.165, 1.54) is 0 Å². The molecule has 4 heteroatoms. The van der Waals surface area contributed by atoms with E-state index >= 15 is 0 Å². The number of carbonyl (C=O) groups excluding carboxylic acids is 1. The van der Waals surface area contributed by atoms with E-state index in [1.54, 1.807) is 13.2 Å². The molecule has 110 valence electrons. The molecule has 0 bridgehead atoms. The lowest BCUT2D eigenvalue weighted by Gasteiger charge is -2.12. The van der Waals surface area contributed by atoms with Gasteiger partial charge >= 0.3 is 0 Å². The minimum atomic E-state index is 0.373. The number of methoxy groups -OCH3 is 1. The summed E-state index contributed by atoms with van der Waals surface area (Å²) in [5.41, 5.74) is 1.49. The summed E-state index contributed by atoms with van der Waals surface area (Å²) in [7, 11) is 1.62. The Kier molecular flexibility index (Phi) is 5.21. The molecule has 2 aromatic carbocycles. The Bertz CT molecular complexity index is 590. The fraction of sp³-hybridized carbons (Fsp3) is 0.235. The van der Waals surface area contributed by atoms with Crippen LogP contribution in [0.15, 0.2) is 42.5 Å². The average Bonchev–Trinajstić information content (AvgIpc) is 2.53. The van der Waals surface area contributed by atoms with Crippen LogP contribution < -0.4 is 14.2 Å². The van der Waals surface area contributed by atoms with Crippen LogP contribution in [0.3, 0.4) is 0 Å². The topological polar surface area (TPSA) is 44.8 Å². The first-order valence-electron chi connectivity index (χ1n) is 6.69. The van der Waals surface area contributed by atoms with Crippen LogP contribution in [-0.2, 0) is 0 Å². The highest BCUT2D eigenvalue weighted by atomic mass is 16.5. The lowest BCUT2D eigenvalue weighted by atomic mass is 10.1. The van der Waals surface area contributed by atoms with Crippen LogP contribution in [-0.4, -0.2) is 26.6 Å². The number of hydrogen-bond donors (Lipinski definition) is 0. The molecule has 0 aliphatic rings. The number of aryl methyl sites for hydroxylation is 1. The average molecular weight is 286 g/mol. The molecule has 2 aromatic rings. The van der Waals surface area contributed by atoms with Gasteiger partial charge in [0.2, 0.25) is 0 Å². The molecule has 0 atom stereocenters. The van der Waals surface area contributed by atoms with Gasteiger partial charge in [0.1, 0.15) is 30.5 Å². The number of para-hydroxylation sites is 1. The Morgan fingerprint density at radius 2 is 1.62 bits per heavy atom. The number of benzene rings is 2. The zero-order chi connectivity index (χ0) is 15.1. The van der Waals surface area contributed by atoms with E-state index in [2.05, 4.69) is 0 Å². The van der Waals surface area contributed by atoms with Gasteiger partial charge in [-0.15, -0.1) is 0 Å². The predicted octanol–water partition coefficient (Wildman–Crippen LogP) is 3.27. The van der Waals surface area contributed by atoms with Gasteiger partial charge in [-0.3, -0.25) is 4.79 Å². The van der Waals surface area contributed by atoms with E-state index in [-0.39, 0.29) is 0 Å². The summed E-state index contributed by atoms with van der Waals surface area (Å²) in [6.45, 7) is 2.68. The second kappa shape index (κ2) is 7.33. The Morgan fingerprint density at radius 3 is 2.29 bits per heavy atom. The van der Waals surface area contributed by atoms with Crippen LogP contribution in [0, 0.1) is 6.92 Å². The maximum absolute atomic E-state index is 11.0. The van der Waals surface area contributed by atoms with E-state index in [9.17, 15) is 4.79 Å². The number of ether oxygens (including phenoxy) is 3. The summed E-state index contributed by atoms with van der Waals surface area (Å²) < 4.78 is 16.3. The Labute approximate surface area is 124 Å².